The molecule has 0 bridgehead atoms. The summed E-state index contributed by atoms with van der Waals surface area (Å²) >= 11 is 3.90. The van der Waals surface area contributed by atoms with Gasteiger partial charge in [-0.3, -0.25) is 0 Å². The second kappa shape index (κ2) is 3.25. The average molecular weight is 211 g/mol. The molecule has 0 spiro atoms. The first-order valence-electron chi connectivity index (χ1n) is 4.60. The molecule has 0 aromatic carbocycles. The molecule has 0 radical (unpaired) electrons. The van der Waals surface area contributed by atoms with Gasteiger partial charge < -0.3 is 0 Å². The second-order valence-electron chi connectivity index (χ2n) is 4.53. The molecule has 1 aliphatic heterocycles. The molecule has 0 nitrogen and oxygen atoms in total. The van der Waals surface area contributed by atoms with Crippen molar-refractivity contribution in [1.29, 1.82) is 0 Å². The van der Waals surface area contributed by atoms with Crippen LogP contribution in [0.15, 0.2) is 23.8 Å². The lowest BCUT2D eigenvalue weighted by Crippen LogP contribution is -2.21. The van der Waals surface area contributed by atoms with Crippen molar-refractivity contribution in [2.75, 3.05) is 0 Å². The molecule has 2 rings (SSSR count). The number of hydrogen-bond acceptors (Lipinski definition) is 1. The van der Waals surface area contributed by atoms with Crippen LogP contribution < -0.4 is 0 Å². The molecule has 0 amide bonds. The van der Waals surface area contributed by atoms with Gasteiger partial charge >= 0.3 is 0 Å². The van der Waals surface area contributed by atoms with Gasteiger partial charge in [-0.05, 0) is 17.1 Å². The highest BCUT2D eigenvalue weighted by Crippen LogP contribution is 2.34. The van der Waals surface area contributed by atoms with Gasteiger partial charge in [-0.1, -0.05) is 44.7 Å². The van der Waals surface area contributed by atoms with Crippen LogP contribution in [0.3, 0.4) is 0 Å². The van der Waals surface area contributed by atoms with Crippen molar-refractivity contribution in [3.63, 3.8) is 0 Å². The fraction of sp³-hybridized carbons (Fsp3) is 0.545. The molecule has 0 aromatic rings. The maximum atomic E-state index is 2.44. The molecule has 1 aliphatic carbocycles. The summed E-state index contributed by atoms with van der Waals surface area (Å²) in [7, 11) is 0. The van der Waals surface area contributed by atoms with Crippen molar-refractivity contribution in [1.82, 2.24) is 0 Å². The Labute approximate surface area is 88.4 Å². The first kappa shape index (κ1) is 9.47. The summed E-state index contributed by atoms with van der Waals surface area (Å²) in [4.78, 5) is 0. The fourth-order valence-electron chi connectivity index (χ4n) is 1.54. The summed E-state index contributed by atoms with van der Waals surface area (Å²) in [5, 5.41) is 1.38. The lowest BCUT2D eigenvalue weighted by molar-refractivity contribution is 0.513. The van der Waals surface area contributed by atoms with E-state index in [4.69, 9.17) is 0 Å². The van der Waals surface area contributed by atoms with Crippen LogP contribution in [-0.4, -0.2) is 15.2 Å². The lowest BCUT2D eigenvalue weighted by atomic mass is 9.83. The first-order valence-corrected chi connectivity index (χ1v) is 6.49. The summed E-state index contributed by atoms with van der Waals surface area (Å²) < 4.78 is 2.27. The Morgan fingerprint density at radius 2 is 2.15 bits per heavy atom. The van der Waals surface area contributed by atoms with Crippen molar-refractivity contribution < 1.29 is 0 Å². The van der Waals surface area contributed by atoms with Gasteiger partial charge in [-0.15, -0.1) is 0 Å². The summed E-state index contributed by atoms with van der Waals surface area (Å²) in [5.41, 5.74) is 1.78. The number of hydrogen-bond donors (Lipinski definition) is 0. The summed E-state index contributed by atoms with van der Waals surface area (Å²) in [6.07, 6.45) is 7.09. The average Bonchev–Trinajstić information content (AvgIpc) is 2.47. The van der Waals surface area contributed by atoms with Crippen LogP contribution in [0.25, 0.3) is 0 Å². The SMILES string of the molecule is CC(C)(C)C1=CC2SC=[S+]C2C=C1. The highest BCUT2D eigenvalue weighted by Gasteiger charge is 2.35. The Hall–Kier alpha value is -0.0800. The van der Waals surface area contributed by atoms with Crippen molar-refractivity contribution >= 4 is 27.8 Å². The smallest absolute Gasteiger partial charge is 0.0614 e. The molecule has 2 aliphatic rings. The van der Waals surface area contributed by atoms with E-state index in [1.807, 2.05) is 23.1 Å². The first-order chi connectivity index (χ1) is 6.07. The number of thioether (sulfide) groups is 1. The zero-order valence-electron chi connectivity index (χ0n) is 8.28. The van der Waals surface area contributed by atoms with Gasteiger partial charge in [-0.25, -0.2) is 0 Å². The van der Waals surface area contributed by atoms with Crippen molar-refractivity contribution in [2.45, 2.75) is 31.3 Å². The normalized spacial score (nSPS) is 31.8. The Bertz CT molecular complexity index is 292. The molecular formula is C11H15S2+. The highest BCUT2D eigenvalue weighted by molar-refractivity contribution is 8.23. The van der Waals surface area contributed by atoms with Crippen LogP contribution in [0.4, 0.5) is 0 Å². The predicted octanol–water partition coefficient (Wildman–Crippen LogP) is 2.86. The molecule has 1 heterocycles. The van der Waals surface area contributed by atoms with E-state index in [0.717, 1.165) is 0 Å². The topological polar surface area (TPSA) is 0 Å². The Kier molecular flexibility index (Phi) is 2.37. The van der Waals surface area contributed by atoms with E-state index in [0.29, 0.717) is 15.9 Å². The summed E-state index contributed by atoms with van der Waals surface area (Å²) in [6.45, 7) is 6.83. The molecule has 0 fully saturated rings. The second-order valence-corrected chi connectivity index (χ2v) is 6.93. The van der Waals surface area contributed by atoms with E-state index < -0.39 is 0 Å². The number of fused-ring (bicyclic) bond motifs is 1. The van der Waals surface area contributed by atoms with E-state index in [2.05, 4.69) is 43.7 Å². The summed E-state index contributed by atoms with van der Waals surface area (Å²) in [5.74, 6) is 0. The minimum atomic E-state index is 0.301. The van der Waals surface area contributed by atoms with Crippen molar-refractivity contribution in [3.8, 4) is 0 Å². The molecular weight excluding hydrogens is 196 g/mol. The van der Waals surface area contributed by atoms with Crippen LogP contribution in [0.5, 0.6) is 0 Å². The molecule has 0 aromatic heterocycles. The van der Waals surface area contributed by atoms with Crippen molar-refractivity contribution in [2.24, 2.45) is 5.41 Å². The van der Waals surface area contributed by atoms with Gasteiger partial charge in [0.2, 0.25) is 9.95 Å². The van der Waals surface area contributed by atoms with E-state index in [9.17, 15) is 0 Å². The van der Waals surface area contributed by atoms with Gasteiger partial charge in [-0.2, -0.15) is 0 Å². The quantitative estimate of drug-likeness (QED) is 0.438. The molecule has 2 heteroatoms. The fourth-order valence-corrected chi connectivity index (χ4v) is 4.08. The Balaban J connectivity index is 2.22. The zero-order valence-corrected chi connectivity index (χ0v) is 9.91. The van der Waals surface area contributed by atoms with E-state index in [-0.39, 0.29) is 0 Å². The van der Waals surface area contributed by atoms with Crippen LogP contribution >= 0.6 is 11.8 Å². The molecule has 70 valence electrons. The third-order valence-corrected chi connectivity index (χ3v) is 4.99. The molecule has 0 N–H and O–H groups in total. The van der Waals surface area contributed by atoms with Crippen molar-refractivity contribution in [3.05, 3.63) is 23.8 Å². The van der Waals surface area contributed by atoms with Gasteiger partial charge in [0, 0.05) is 0 Å². The van der Waals surface area contributed by atoms with Gasteiger partial charge in [0.1, 0.15) is 0 Å². The minimum absolute atomic E-state index is 0.301. The third-order valence-electron chi connectivity index (χ3n) is 2.42. The predicted molar refractivity (Wildman–Crippen MR) is 65.3 cm³/mol. The molecule has 13 heavy (non-hydrogen) atoms. The standard InChI is InChI=1S/C11H15S2/c1-11(2,3)8-4-5-9-10(6-8)13-7-12-9/h4-7,9-10H,1-3H3/q+1. The maximum absolute atomic E-state index is 2.44. The Morgan fingerprint density at radius 3 is 2.85 bits per heavy atom. The molecule has 2 atom stereocenters. The minimum Gasteiger partial charge on any atom is -0.0614 e. The van der Waals surface area contributed by atoms with Gasteiger partial charge in [0.25, 0.3) is 0 Å². The van der Waals surface area contributed by atoms with Crippen LogP contribution in [-0.2, 0) is 11.4 Å². The highest BCUT2D eigenvalue weighted by atomic mass is 32.2. The van der Waals surface area contributed by atoms with Crippen LogP contribution in [0.2, 0.25) is 0 Å². The lowest BCUT2D eigenvalue weighted by Gasteiger charge is -2.24. The molecule has 2 unspecified atom stereocenters. The van der Waals surface area contributed by atoms with E-state index in [1.165, 1.54) is 5.57 Å². The third kappa shape index (κ3) is 1.89. The van der Waals surface area contributed by atoms with E-state index in [1.54, 1.807) is 0 Å². The number of rotatable bonds is 0. The Morgan fingerprint density at radius 1 is 1.38 bits per heavy atom. The zero-order chi connectivity index (χ0) is 9.47. The number of allylic oxidation sites excluding steroid dienone is 2. The van der Waals surface area contributed by atoms with Gasteiger partial charge in [0.15, 0.2) is 11.4 Å². The molecule has 0 saturated heterocycles. The van der Waals surface area contributed by atoms with E-state index >= 15 is 0 Å². The maximum Gasteiger partial charge on any atom is 0.224 e. The van der Waals surface area contributed by atoms with Crippen LogP contribution in [0, 0.1) is 5.41 Å². The monoisotopic (exact) mass is 211 g/mol. The van der Waals surface area contributed by atoms with Crippen LogP contribution in [0.1, 0.15) is 20.8 Å². The van der Waals surface area contributed by atoms with Gasteiger partial charge in [0.05, 0.1) is 5.25 Å². The largest absolute Gasteiger partial charge is 0.224 e. The summed E-state index contributed by atoms with van der Waals surface area (Å²) in [6, 6.07) is 0. The molecule has 0 saturated carbocycles.